The lowest BCUT2D eigenvalue weighted by molar-refractivity contribution is -0.133. The number of amides is 2. The van der Waals surface area contributed by atoms with E-state index in [1.807, 2.05) is 6.07 Å². The smallest absolute Gasteiger partial charge is 0.252 e. The zero-order valence-corrected chi connectivity index (χ0v) is 21.3. The van der Waals surface area contributed by atoms with Crippen LogP contribution in [0.4, 0.5) is 24.7 Å². The van der Waals surface area contributed by atoms with E-state index in [0.717, 1.165) is 11.0 Å². The van der Waals surface area contributed by atoms with Crippen molar-refractivity contribution in [1.82, 2.24) is 10.3 Å². The summed E-state index contributed by atoms with van der Waals surface area (Å²) in [6, 6.07) is 15.3. The standard InChI is InChI=1S/C29H26F3N5O3/c30-20-7-4-8-22(14-20)36(26(19-5-2-1-3-6-19)27(39)35-21-15-29(31,32)16-21)28(40)23-9-10-25(38)37(23)24-13-18(17-33)11-12-34-24/h1-8,11-14,21,23,25-26,38H,9-10,15-16H2,(H,35,39). The molecule has 0 radical (unpaired) electrons. The molecule has 1 aliphatic heterocycles. The van der Waals surface area contributed by atoms with E-state index >= 15 is 0 Å². The second-order valence-electron chi connectivity index (χ2n) is 9.97. The summed E-state index contributed by atoms with van der Waals surface area (Å²) in [7, 11) is 0. The first-order valence-electron chi connectivity index (χ1n) is 12.8. The van der Waals surface area contributed by atoms with Gasteiger partial charge in [0.15, 0.2) is 0 Å². The summed E-state index contributed by atoms with van der Waals surface area (Å²) < 4.78 is 41.6. The summed E-state index contributed by atoms with van der Waals surface area (Å²) in [4.78, 5) is 34.9. The number of benzene rings is 2. The van der Waals surface area contributed by atoms with Gasteiger partial charge in [-0.05, 0) is 48.7 Å². The van der Waals surface area contributed by atoms with Crippen LogP contribution in [0.2, 0.25) is 0 Å². The van der Waals surface area contributed by atoms with Crippen molar-refractivity contribution in [1.29, 1.82) is 5.26 Å². The van der Waals surface area contributed by atoms with Crippen LogP contribution in [-0.4, -0.2) is 46.1 Å². The van der Waals surface area contributed by atoms with Crippen LogP contribution in [0.15, 0.2) is 72.9 Å². The number of hydrogen-bond donors (Lipinski definition) is 2. The van der Waals surface area contributed by atoms with Crippen molar-refractivity contribution in [2.45, 2.75) is 56.0 Å². The molecule has 1 saturated heterocycles. The number of halogens is 3. The second-order valence-corrected chi connectivity index (χ2v) is 9.97. The molecule has 3 aromatic rings. The number of carbonyl (C=O) groups excluding carboxylic acids is 2. The number of aliphatic hydroxyl groups is 1. The highest BCUT2D eigenvalue weighted by molar-refractivity contribution is 6.05. The number of pyridine rings is 1. The lowest BCUT2D eigenvalue weighted by Gasteiger charge is -2.39. The zero-order valence-electron chi connectivity index (χ0n) is 21.3. The number of nitriles is 1. The topological polar surface area (TPSA) is 110 Å². The van der Waals surface area contributed by atoms with Gasteiger partial charge in [0.1, 0.15) is 29.9 Å². The lowest BCUT2D eigenvalue weighted by atomic mass is 9.87. The highest BCUT2D eigenvalue weighted by Gasteiger charge is 2.48. The summed E-state index contributed by atoms with van der Waals surface area (Å²) in [6.45, 7) is 0. The summed E-state index contributed by atoms with van der Waals surface area (Å²) in [6.07, 6.45) is -0.367. The third-order valence-electron chi connectivity index (χ3n) is 7.16. The third kappa shape index (κ3) is 5.49. The number of rotatable bonds is 7. The van der Waals surface area contributed by atoms with E-state index in [-0.39, 0.29) is 29.9 Å². The van der Waals surface area contributed by atoms with Crippen molar-refractivity contribution in [3.8, 4) is 6.07 Å². The van der Waals surface area contributed by atoms with Gasteiger partial charge in [0.25, 0.3) is 11.8 Å². The monoisotopic (exact) mass is 549 g/mol. The van der Waals surface area contributed by atoms with Crippen LogP contribution in [0.5, 0.6) is 0 Å². The normalized spacial score (nSPS) is 20.7. The van der Waals surface area contributed by atoms with Gasteiger partial charge in [-0.3, -0.25) is 14.5 Å². The van der Waals surface area contributed by atoms with Crippen molar-refractivity contribution in [3.05, 3.63) is 89.9 Å². The number of anilines is 2. The predicted octanol–water partition coefficient (Wildman–Crippen LogP) is 4.07. The Morgan fingerprint density at radius 3 is 2.52 bits per heavy atom. The molecule has 1 aliphatic carbocycles. The first kappa shape index (κ1) is 27.1. The Morgan fingerprint density at radius 2 is 1.85 bits per heavy atom. The lowest BCUT2D eigenvalue weighted by Crippen LogP contribution is -2.56. The van der Waals surface area contributed by atoms with Crippen molar-refractivity contribution < 1.29 is 27.9 Å². The van der Waals surface area contributed by atoms with E-state index < -0.39 is 60.7 Å². The van der Waals surface area contributed by atoms with Crippen LogP contribution < -0.4 is 15.1 Å². The zero-order chi connectivity index (χ0) is 28.4. The Labute approximate surface area is 228 Å². The van der Waals surface area contributed by atoms with E-state index in [0.29, 0.717) is 5.56 Å². The molecule has 2 aliphatic rings. The average Bonchev–Trinajstić information content (AvgIpc) is 3.32. The van der Waals surface area contributed by atoms with Crippen LogP contribution in [0.3, 0.4) is 0 Å². The molecule has 206 valence electrons. The molecule has 0 bridgehead atoms. The van der Waals surface area contributed by atoms with Gasteiger partial charge in [-0.25, -0.2) is 18.2 Å². The highest BCUT2D eigenvalue weighted by Crippen LogP contribution is 2.39. The van der Waals surface area contributed by atoms with Gasteiger partial charge in [0.2, 0.25) is 5.91 Å². The number of hydrogen-bond acceptors (Lipinski definition) is 6. The van der Waals surface area contributed by atoms with Crippen molar-refractivity contribution >= 4 is 23.3 Å². The molecule has 1 aromatic heterocycles. The van der Waals surface area contributed by atoms with Gasteiger partial charge in [0.05, 0.1) is 11.6 Å². The second kappa shape index (κ2) is 11.0. The molecule has 3 atom stereocenters. The largest absolute Gasteiger partial charge is 0.374 e. The van der Waals surface area contributed by atoms with Gasteiger partial charge >= 0.3 is 0 Å². The third-order valence-corrected chi connectivity index (χ3v) is 7.16. The summed E-state index contributed by atoms with van der Waals surface area (Å²) in [5.74, 6) is -4.65. The first-order chi connectivity index (χ1) is 19.2. The number of nitrogens with zero attached hydrogens (tertiary/aromatic N) is 4. The van der Waals surface area contributed by atoms with E-state index in [1.165, 1.54) is 41.4 Å². The van der Waals surface area contributed by atoms with E-state index in [9.17, 15) is 33.1 Å². The molecule has 1 saturated carbocycles. The minimum Gasteiger partial charge on any atom is -0.374 e. The summed E-state index contributed by atoms with van der Waals surface area (Å²) in [5.41, 5.74) is 0.738. The SMILES string of the molecule is N#Cc1ccnc(N2C(O)CCC2C(=O)N(c2cccc(F)c2)C(C(=O)NC2CC(F)(F)C2)c2ccccc2)c1. The maximum atomic E-state index is 14.5. The molecule has 2 heterocycles. The minimum atomic E-state index is -2.87. The predicted molar refractivity (Wildman–Crippen MR) is 140 cm³/mol. The Balaban J connectivity index is 1.57. The van der Waals surface area contributed by atoms with Gasteiger partial charge in [-0.15, -0.1) is 0 Å². The molecule has 40 heavy (non-hydrogen) atoms. The molecule has 2 amide bonds. The Morgan fingerprint density at radius 1 is 1.10 bits per heavy atom. The Hall–Kier alpha value is -4.43. The molecule has 3 unspecified atom stereocenters. The molecule has 2 fully saturated rings. The maximum absolute atomic E-state index is 14.5. The van der Waals surface area contributed by atoms with Crippen LogP contribution in [0, 0.1) is 17.1 Å². The van der Waals surface area contributed by atoms with Gasteiger partial charge in [-0.1, -0.05) is 36.4 Å². The number of alkyl halides is 2. The molecular formula is C29H26F3N5O3. The van der Waals surface area contributed by atoms with Gasteiger partial charge in [-0.2, -0.15) is 5.26 Å². The molecule has 2 N–H and O–H groups in total. The molecular weight excluding hydrogens is 523 g/mol. The summed E-state index contributed by atoms with van der Waals surface area (Å²) in [5, 5.41) is 22.8. The fraction of sp³-hybridized carbons (Fsp3) is 0.310. The van der Waals surface area contributed by atoms with Crippen molar-refractivity contribution in [3.63, 3.8) is 0 Å². The average molecular weight is 550 g/mol. The number of nitrogens with one attached hydrogen (secondary N) is 1. The highest BCUT2D eigenvalue weighted by atomic mass is 19.3. The van der Waals surface area contributed by atoms with Crippen LogP contribution in [-0.2, 0) is 9.59 Å². The van der Waals surface area contributed by atoms with E-state index in [2.05, 4.69) is 10.3 Å². The molecule has 0 spiro atoms. The van der Waals surface area contributed by atoms with E-state index in [4.69, 9.17) is 0 Å². The number of aliphatic hydroxyl groups excluding tert-OH is 1. The fourth-order valence-electron chi connectivity index (χ4n) is 5.26. The maximum Gasteiger partial charge on any atom is 0.252 e. The van der Waals surface area contributed by atoms with Gasteiger partial charge < -0.3 is 15.3 Å². The minimum absolute atomic E-state index is 0.0769. The van der Waals surface area contributed by atoms with Crippen molar-refractivity contribution in [2.75, 3.05) is 9.80 Å². The number of carbonyl (C=O) groups is 2. The molecule has 2 aromatic carbocycles. The quantitative estimate of drug-likeness (QED) is 0.460. The van der Waals surface area contributed by atoms with Gasteiger partial charge in [0, 0.05) is 30.8 Å². The molecule has 8 nitrogen and oxygen atoms in total. The van der Waals surface area contributed by atoms with Crippen molar-refractivity contribution in [2.24, 2.45) is 0 Å². The molecule has 11 heteroatoms. The summed E-state index contributed by atoms with van der Waals surface area (Å²) >= 11 is 0. The first-order valence-corrected chi connectivity index (χ1v) is 12.8. The van der Waals surface area contributed by atoms with Crippen LogP contribution in [0.25, 0.3) is 0 Å². The Kier molecular flexibility index (Phi) is 7.45. The Bertz CT molecular complexity index is 1440. The number of aromatic nitrogens is 1. The van der Waals surface area contributed by atoms with E-state index in [1.54, 1.807) is 30.3 Å². The fourth-order valence-corrected chi connectivity index (χ4v) is 5.26. The van der Waals surface area contributed by atoms with Crippen LogP contribution >= 0.6 is 0 Å². The van der Waals surface area contributed by atoms with Crippen LogP contribution in [0.1, 0.15) is 42.9 Å². The molecule has 5 rings (SSSR count).